The fourth-order valence-electron chi connectivity index (χ4n) is 2.71. The van der Waals surface area contributed by atoms with Crippen LogP contribution in [-0.4, -0.2) is 58.4 Å². The van der Waals surface area contributed by atoms with Gasteiger partial charge >= 0.3 is 0 Å². The molecule has 0 saturated carbocycles. The van der Waals surface area contributed by atoms with Crippen LogP contribution in [0.15, 0.2) is 23.2 Å². The highest BCUT2D eigenvalue weighted by atomic mass is 32.2. The number of nitrogens with one attached hydrogen (secondary N) is 2. The van der Waals surface area contributed by atoms with Crippen LogP contribution >= 0.6 is 0 Å². The van der Waals surface area contributed by atoms with E-state index in [0.717, 1.165) is 5.75 Å². The molecule has 2 heterocycles. The minimum Gasteiger partial charge on any atom is -0.492 e. The van der Waals surface area contributed by atoms with E-state index in [-0.39, 0.29) is 24.3 Å². The normalized spacial score (nSPS) is 21.2. The van der Waals surface area contributed by atoms with Crippen LogP contribution in [0.5, 0.6) is 17.2 Å². The molecule has 1 aromatic rings. The summed E-state index contributed by atoms with van der Waals surface area (Å²) in [4.78, 5) is 4.43. The molecule has 1 aromatic carbocycles. The van der Waals surface area contributed by atoms with Gasteiger partial charge in [-0.25, -0.2) is 13.4 Å². The second kappa shape index (κ2) is 7.81. The van der Waals surface area contributed by atoms with Crippen molar-refractivity contribution < 1.29 is 22.6 Å². The van der Waals surface area contributed by atoms with Crippen LogP contribution in [0.4, 0.5) is 0 Å². The summed E-state index contributed by atoms with van der Waals surface area (Å²) in [5.41, 5.74) is 0. The molecule has 0 amide bonds. The van der Waals surface area contributed by atoms with Crippen LogP contribution in [-0.2, 0) is 9.84 Å². The molecule has 2 aliphatic rings. The SMILES string of the molecule is CCNC(=NCCOc1ccc2c(c1)OCO2)NC1CCS(=O)(=O)C1. The summed E-state index contributed by atoms with van der Waals surface area (Å²) in [5.74, 6) is 3.09. The van der Waals surface area contributed by atoms with Crippen molar-refractivity contribution in [1.82, 2.24) is 10.6 Å². The summed E-state index contributed by atoms with van der Waals surface area (Å²) in [5, 5.41) is 6.29. The number of nitrogens with zero attached hydrogens (tertiary/aromatic N) is 1. The van der Waals surface area contributed by atoms with Gasteiger partial charge in [-0.1, -0.05) is 0 Å². The summed E-state index contributed by atoms with van der Waals surface area (Å²) in [6, 6.07) is 5.34. The monoisotopic (exact) mass is 369 g/mol. The zero-order valence-electron chi connectivity index (χ0n) is 14.2. The molecule has 0 bridgehead atoms. The van der Waals surface area contributed by atoms with Crippen LogP contribution in [0.1, 0.15) is 13.3 Å². The van der Waals surface area contributed by atoms with Crippen LogP contribution in [0.25, 0.3) is 0 Å². The molecule has 1 saturated heterocycles. The van der Waals surface area contributed by atoms with Crippen LogP contribution in [0, 0.1) is 0 Å². The van der Waals surface area contributed by atoms with Gasteiger partial charge in [0.1, 0.15) is 12.4 Å². The Morgan fingerprint density at radius 2 is 2.20 bits per heavy atom. The van der Waals surface area contributed by atoms with Crippen LogP contribution in [0.2, 0.25) is 0 Å². The third kappa shape index (κ3) is 4.91. The summed E-state index contributed by atoms with van der Waals surface area (Å²) in [7, 11) is -2.91. The highest BCUT2D eigenvalue weighted by Gasteiger charge is 2.28. The van der Waals surface area contributed by atoms with Crippen molar-refractivity contribution in [2.24, 2.45) is 4.99 Å². The maximum atomic E-state index is 11.5. The predicted molar refractivity (Wildman–Crippen MR) is 94.2 cm³/mol. The Morgan fingerprint density at radius 3 is 2.96 bits per heavy atom. The smallest absolute Gasteiger partial charge is 0.231 e. The van der Waals surface area contributed by atoms with Gasteiger partial charge in [-0.05, 0) is 25.5 Å². The molecule has 2 aliphatic heterocycles. The van der Waals surface area contributed by atoms with Crippen molar-refractivity contribution >= 4 is 15.8 Å². The van der Waals surface area contributed by atoms with Gasteiger partial charge in [0.2, 0.25) is 6.79 Å². The average Bonchev–Trinajstić information content (AvgIpc) is 3.17. The molecule has 8 nitrogen and oxygen atoms in total. The third-order valence-electron chi connectivity index (χ3n) is 3.89. The first kappa shape index (κ1) is 17.7. The number of guanidine groups is 1. The Morgan fingerprint density at radius 1 is 1.36 bits per heavy atom. The van der Waals surface area contributed by atoms with E-state index in [0.29, 0.717) is 43.6 Å². The highest BCUT2D eigenvalue weighted by Crippen LogP contribution is 2.34. The molecule has 138 valence electrons. The van der Waals surface area contributed by atoms with E-state index < -0.39 is 9.84 Å². The number of hydrogen-bond acceptors (Lipinski definition) is 6. The van der Waals surface area contributed by atoms with Gasteiger partial charge in [-0.3, -0.25) is 0 Å². The summed E-state index contributed by atoms with van der Waals surface area (Å²) in [6.45, 7) is 3.75. The second-order valence-corrected chi connectivity index (χ2v) is 8.10. The lowest BCUT2D eigenvalue weighted by Crippen LogP contribution is -2.44. The fraction of sp³-hybridized carbons (Fsp3) is 0.562. The summed E-state index contributed by atoms with van der Waals surface area (Å²) in [6.07, 6.45) is 0.612. The van der Waals surface area contributed by atoms with Crippen molar-refractivity contribution in [3.05, 3.63) is 18.2 Å². The van der Waals surface area contributed by atoms with Crippen LogP contribution < -0.4 is 24.8 Å². The van der Waals surface area contributed by atoms with E-state index in [4.69, 9.17) is 14.2 Å². The molecular weight excluding hydrogens is 346 g/mol. The molecule has 2 N–H and O–H groups in total. The first-order chi connectivity index (χ1) is 12.1. The quantitative estimate of drug-likeness (QED) is 0.429. The third-order valence-corrected chi connectivity index (χ3v) is 5.66. The molecule has 0 radical (unpaired) electrons. The van der Waals surface area contributed by atoms with Crippen molar-refractivity contribution in [3.63, 3.8) is 0 Å². The van der Waals surface area contributed by atoms with Crippen molar-refractivity contribution in [1.29, 1.82) is 0 Å². The lowest BCUT2D eigenvalue weighted by Gasteiger charge is -2.15. The largest absolute Gasteiger partial charge is 0.492 e. The first-order valence-electron chi connectivity index (χ1n) is 8.33. The van der Waals surface area contributed by atoms with Gasteiger partial charge in [0, 0.05) is 18.7 Å². The van der Waals surface area contributed by atoms with Crippen molar-refractivity contribution in [2.45, 2.75) is 19.4 Å². The first-order valence-corrected chi connectivity index (χ1v) is 10.2. The molecule has 0 aliphatic carbocycles. The van der Waals surface area contributed by atoms with Gasteiger partial charge in [0.15, 0.2) is 27.3 Å². The zero-order chi connectivity index (χ0) is 17.7. The van der Waals surface area contributed by atoms with Crippen molar-refractivity contribution in [2.75, 3.05) is 38.0 Å². The van der Waals surface area contributed by atoms with Gasteiger partial charge in [0.05, 0.1) is 18.1 Å². The summed E-state index contributed by atoms with van der Waals surface area (Å²) >= 11 is 0. The molecule has 1 unspecified atom stereocenters. The minimum absolute atomic E-state index is 0.0856. The van der Waals surface area contributed by atoms with E-state index in [2.05, 4.69) is 15.6 Å². The molecule has 1 atom stereocenters. The molecular formula is C16H23N3O5S. The molecule has 0 aromatic heterocycles. The molecule has 1 fully saturated rings. The van der Waals surface area contributed by atoms with Crippen molar-refractivity contribution in [3.8, 4) is 17.2 Å². The van der Waals surface area contributed by atoms with Gasteiger partial charge in [0.25, 0.3) is 0 Å². The van der Waals surface area contributed by atoms with Gasteiger partial charge in [-0.2, -0.15) is 0 Å². The number of benzene rings is 1. The topological polar surface area (TPSA) is 98.2 Å². The Hall–Kier alpha value is -2.16. The maximum Gasteiger partial charge on any atom is 0.231 e. The van der Waals surface area contributed by atoms with Gasteiger partial charge in [-0.15, -0.1) is 0 Å². The van der Waals surface area contributed by atoms with E-state index in [1.165, 1.54) is 0 Å². The number of aliphatic imine (C=N–C) groups is 1. The highest BCUT2D eigenvalue weighted by molar-refractivity contribution is 7.91. The number of rotatable bonds is 6. The number of sulfone groups is 1. The fourth-order valence-corrected chi connectivity index (χ4v) is 4.38. The summed E-state index contributed by atoms with van der Waals surface area (Å²) < 4.78 is 39.3. The Labute approximate surface area is 147 Å². The molecule has 3 rings (SSSR count). The lowest BCUT2D eigenvalue weighted by molar-refractivity contribution is 0.173. The minimum atomic E-state index is -2.91. The predicted octanol–water partition coefficient (Wildman–Crippen LogP) is 0.536. The molecule has 0 spiro atoms. The van der Waals surface area contributed by atoms with E-state index >= 15 is 0 Å². The zero-order valence-corrected chi connectivity index (χ0v) is 15.0. The standard InChI is InChI=1S/C16H23N3O5S/c1-2-17-16(19-12-5-8-25(20,21)10-12)18-6-7-22-13-3-4-14-15(9-13)24-11-23-14/h3-4,9,12H,2,5-8,10-11H2,1H3,(H2,17,18,19). The Balaban J connectivity index is 1.48. The van der Waals surface area contributed by atoms with E-state index in [1.807, 2.05) is 19.1 Å². The van der Waals surface area contributed by atoms with E-state index in [9.17, 15) is 8.42 Å². The number of hydrogen-bond donors (Lipinski definition) is 2. The molecule has 9 heteroatoms. The Bertz CT molecular complexity index is 735. The van der Waals surface area contributed by atoms with Crippen LogP contribution in [0.3, 0.4) is 0 Å². The second-order valence-electron chi connectivity index (χ2n) is 5.87. The van der Waals surface area contributed by atoms with Gasteiger partial charge < -0.3 is 24.8 Å². The number of ether oxygens (including phenoxy) is 3. The maximum absolute atomic E-state index is 11.5. The lowest BCUT2D eigenvalue weighted by atomic mass is 10.3. The average molecular weight is 369 g/mol. The molecule has 25 heavy (non-hydrogen) atoms. The van der Waals surface area contributed by atoms with E-state index in [1.54, 1.807) is 6.07 Å². The Kier molecular flexibility index (Phi) is 5.52. The number of fused-ring (bicyclic) bond motifs is 1.